The highest BCUT2D eigenvalue weighted by molar-refractivity contribution is 6.33. The fraction of sp³-hybridized carbons (Fsp3) is 0.562. The van der Waals surface area contributed by atoms with E-state index in [4.69, 9.17) is 21.4 Å². The number of carboxylic acid groups (broad SMARTS) is 1. The maximum atomic E-state index is 11.2. The lowest BCUT2D eigenvalue weighted by molar-refractivity contribution is 0.0693. The summed E-state index contributed by atoms with van der Waals surface area (Å²) in [6.07, 6.45) is 6.59. The molecular formula is C16H20ClNO3. The second kappa shape index (κ2) is 5.41. The van der Waals surface area contributed by atoms with Gasteiger partial charge in [-0.1, -0.05) is 30.9 Å². The Labute approximate surface area is 129 Å². The van der Waals surface area contributed by atoms with Gasteiger partial charge < -0.3 is 14.7 Å². The molecule has 21 heavy (non-hydrogen) atoms. The summed E-state index contributed by atoms with van der Waals surface area (Å²) in [5.41, 5.74) is 1.45. The van der Waals surface area contributed by atoms with E-state index in [0.717, 1.165) is 18.8 Å². The molecule has 1 N–H and O–H groups in total. The van der Waals surface area contributed by atoms with Crippen molar-refractivity contribution in [1.82, 2.24) is 0 Å². The fourth-order valence-electron chi connectivity index (χ4n) is 3.67. The summed E-state index contributed by atoms with van der Waals surface area (Å²) in [6, 6.07) is 3.24. The molecule has 0 atom stereocenters. The third kappa shape index (κ3) is 2.57. The maximum Gasteiger partial charge on any atom is 0.339 e. The van der Waals surface area contributed by atoms with Crippen molar-refractivity contribution >= 4 is 23.3 Å². The number of rotatable bonds is 3. The summed E-state index contributed by atoms with van der Waals surface area (Å²) >= 11 is 6.28. The van der Waals surface area contributed by atoms with Crippen LogP contribution in [0.1, 0.15) is 42.5 Å². The Balaban J connectivity index is 1.82. The number of hydrogen-bond donors (Lipinski definition) is 1. The quantitative estimate of drug-likeness (QED) is 0.922. The number of ether oxygens (including phenoxy) is 1. The molecule has 1 saturated heterocycles. The van der Waals surface area contributed by atoms with Gasteiger partial charge in [0.05, 0.1) is 17.8 Å². The molecule has 1 aromatic rings. The number of methoxy groups -OCH3 is 1. The van der Waals surface area contributed by atoms with Crippen LogP contribution in [0.3, 0.4) is 0 Å². The Morgan fingerprint density at radius 3 is 2.52 bits per heavy atom. The van der Waals surface area contributed by atoms with E-state index in [1.807, 2.05) is 0 Å². The Bertz CT molecular complexity index is 559. The van der Waals surface area contributed by atoms with Crippen molar-refractivity contribution in [1.29, 1.82) is 0 Å². The molecule has 0 aromatic heterocycles. The lowest BCUT2D eigenvalue weighted by atomic mass is 9.68. The molecule has 1 heterocycles. The number of nitrogens with zero attached hydrogens (tertiary/aromatic N) is 1. The van der Waals surface area contributed by atoms with Crippen LogP contribution in [0.15, 0.2) is 12.1 Å². The van der Waals surface area contributed by atoms with Crippen LogP contribution in [-0.2, 0) is 0 Å². The van der Waals surface area contributed by atoms with Gasteiger partial charge in [0.1, 0.15) is 11.3 Å². The molecule has 2 aliphatic rings. The summed E-state index contributed by atoms with van der Waals surface area (Å²) in [6.45, 7) is 2.03. The van der Waals surface area contributed by atoms with Gasteiger partial charge in [0, 0.05) is 24.6 Å². The monoisotopic (exact) mass is 309 g/mol. The minimum atomic E-state index is -1.02. The van der Waals surface area contributed by atoms with Crippen LogP contribution < -0.4 is 9.64 Å². The molecule has 0 bridgehead atoms. The second-order valence-electron chi connectivity index (χ2n) is 6.23. The van der Waals surface area contributed by atoms with Crippen LogP contribution in [-0.4, -0.2) is 31.3 Å². The highest BCUT2D eigenvalue weighted by Crippen LogP contribution is 2.47. The van der Waals surface area contributed by atoms with Gasteiger partial charge in [-0.15, -0.1) is 0 Å². The van der Waals surface area contributed by atoms with E-state index < -0.39 is 5.97 Å². The first kappa shape index (κ1) is 14.5. The third-order valence-electron chi connectivity index (χ3n) is 4.81. The van der Waals surface area contributed by atoms with Crippen LogP contribution in [0.2, 0.25) is 5.02 Å². The zero-order chi connectivity index (χ0) is 15.0. The molecule has 1 saturated carbocycles. The number of carbonyl (C=O) groups is 1. The average molecular weight is 310 g/mol. The SMILES string of the molecule is COc1cc(N2CC3(CCCCC3)C2)c(Cl)cc1C(=O)O. The molecule has 1 aromatic carbocycles. The maximum absolute atomic E-state index is 11.2. The normalized spacial score (nSPS) is 20.2. The van der Waals surface area contributed by atoms with E-state index in [1.165, 1.54) is 45.3 Å². The minimum absolute atomic E-state index is 0.110. The van der Waals surface area contributed by atoms with Gasteiger partial charge in [-0.2, -0.15) is 0 Å². The summed E-state index contributed by atoms with van der Waals surface area (Å²) in [5.74, 6) is -0.654. The number of aromatic carboxylic acids is 1. The highest BCUT2D eigenvalue weighted by Gasteiger charge is 2.44. The van der Waals surface area contributed by atoms with Crippen LogP contribution in [0, 0.1) is 5.41 Å². The van der Waals surface area contributed by atoms with Crippen LogP contribution in [0.25, 0.3) is 0 Å². The first-order chi connectivity index (χ1) is 10.0. The van der Waals surface area contributed by atoms with E-state index in [2.05, 4.69) is 4.90 Å². The third-order valence-corrected chi connectivity index (χ3v) is 5.11. The fourth-order valence-corrected chi connectivity index (χ4v) is 3.96. The van der Waals surface area contributed by atoms with Crippen molar-refractivity contribution in [3.63, 3.8) is 0 Å². The lowest BCUT2D eigenvalue weighted by Gasteiger charge is -2.53. The summed E-state index contributed by atoms with van der Waals surface area (Å²) in [5, 5.41) is 9.65. The number of hydrogen-bond acceptors (Lipinski definition) is 3. The van der Waals surface area contributed by atoms with Crippen LogP contribution >= 0.6 is 11.6 Å². The van der Waals surface area contributed by atoms with Crippen LogP contribution in [0.4, 0.5) is 5.69 Å². The Morgan fingerprint density at radius 1 is 1.29 bits per heavy atom. The van der Waals surface area contributed by atoms with Gasteiger partial charge in [-0.25, -0.2) is 4.79 Å². The van der Waals surface area contributed by atoms with Crippen LogP contribution in [0.5, 0.6) is 5.75 Å². The topological polar surface area (TPSA) is 49.8 Å². The van der Waals surface area contributed by atoms with Crippen molar-refractivity contribution in [2.24, 2.45) is 5.41 Å². The molecule has 5 heteroatoms. The molecule has 1 aliphatic carbocycles. The molecule has 114 valence electrons. The number of halogens is 1. The summed E-state index contributed by atoms with van der Waals surface area (Å²) < 4.78 is 5.19. The first-order valence-corrected chi connectivity index (χ1v) is 7.78. The van der Waals surface area contributed by atoms with Gasteiger partial charge in [-0.05, 0) is 18.9 Å². The minimum Gasteiger partial charge on any atom is -0.496 e. The molecule has 0 unspecified atom stereocenters. The smallest absolute Gasteiger partial charge is 0.339 e. The van der Waals surface area contributed by atoms with E-state index in [9.17, 15) is 4.79 Å². The van der Waals surface area contributed by atoms with Crippen molar-refractivity contribution in [3.05, 3.63) is 22.7 Å². The van der Waals surface area contributed by atoms with E-state index >= 15 is 0 Å². The molecule has 1 spiro atoms. The molecular weight excluding hydrogens is 290 g/mol. The number of anilines is 1. The van der Waals surface area contributed by atoms with Crippen molar-refractivity contribution < 1.29 is 14.6 Å². The van der Waals surface area contributed by atoms with E-state index in [-0.39, 0.29) is 5.56 Å². The molecule has 1 aliphatic heterocycles. The first-order valence-electron chi connectivity index (χ1n) is 7.40. The number of carboxylic acids is 1. The lowest BCUT2D eigenvalue weighted by Crippen LogP contribution is -2.57. The predicted molar refractivity (Wildman–Crippen MR) is 82.7 cm³/mol. The van der Waals surface area contributed by atoms with Gasteiger partial charge in [0.2, 0.25) is 0 Å². The molecule has 4 nitrogen and oxygen atoms in total. The summed E-state index contributed by atoms with van der Waals surface area (Å²) in [4.78, 5) is 13.4. The van der Waals surface area contributed by atoms with Crippen molar-refractivity contribution in [2.75, 3.05) is 25.1 Å². The molecule has 0 radical (unpaired) electrons. The Kier molecular flexibility index (Phi) is 3.74. The Hall–Kier alpha value is -1.42. The van der Waals surface area contributed by atoms with Gasteiger partial charge in [0.25, 0.3) is 0 Å². The van der Waals surface area contributed by atoms with Crippen molar-refractivity contribution in [2.45, 2.75) is 32.1 Å². The zero-order valence-corrected chi connectivity index (χ0v) is 12.9. The standard InChI is InChI=1S/C16H20ClNO3/c1-21-14-8-13(12(17)7-11(14)15(19)20)18-9-16(10-18)5-3-2-4-6-16/h7-8H,2-6,9-10H2,1H3,(H,19,20). The van der Waals surface area contributed by atoms with Gasteiger partial charge >= 0.3 is 5.97 Å². The predicted octanol–water partition coefficient (Wildman–Crippen LogP) is 3.82. The van der Waals surface area contributed by atoms with E-state index in [1.54, 1.807) is 6.07 Å². The number of benzene rings is 1. The van der Waals surface area contributed by atoms with Gasteiger partial charge in [0.15, 0.2) is 0 Å². The largest absolute Gasteiger partial charge is 0.496 e. The second-order valence-corrected chi connectivity index (χ2v) is 6.63. The Morgan fingerprint density at radius 2 is 1.95 bits per heavy atom. The average Bonchev–Trinajstić information content (AvgIpc) is 2.45. The molecule has 0 amide bonds. The molecule has 2 fully saturated rings. The highest BCUT2D eigenvalue weighted by atomic mass is 35.5. The van der Waals surface area contributed by atoms with Gasteiger partial charge in [-0.3, -0.25) is 0 Å². The summed E-state index contributed by atoms with van der Waals surface area (Å²) in [7, 11) is 1.48. The van der Waals surface area contributed by atoms with Crippen molar-refractivity contribution in [3.8, 4) is 5.75 Å². The van der Waals surface area contributed by atoms with E-state index in [0.29, 0.717) is 16.2 Å². The molecule has 3 rings (SSSR count). The zero-order valence-electron chi connectivity index (χ0n) is 12.2.